The van der Waals surface area contributed by atoms with Crippen LogP contribution in [0.2, 0.25) is 0 Å². The number of urea groups is 1. The summed E-state index contributed by atoms with van der Waals surface area (Å²) in [4.78, 5) is 35.2. The second-order valence-electron chi connectivity index (χ2n) is 4.00. The normalized spacial score (nSPS) is 9.85. The zero-order valence-electron chi connectivity index (χ0n) is 10.7. The minimum atomic E-state index is -1.31. The zero-order valence-corrected chi connectivity index (χ0v) is 10.7. The molecule has 0 atom stereocenters. The van der Waals surface area contributed by atoms with E-state index in [1.807, 2.05) is 0 Å². The molecule has 1 aromatic rings. The Labute approximate surface area is 114 Å². The minimum absolute atomic E-state index is 0.0162. The Morgan fingerprint density at radius 2 is 1.45 bits per heavy atom. The van der Waals surface area contributed by atoms with Crippen molar-refractivity contribution in [3.8, 4) is 5.75 Å². The highest BCUT2D eigenvalue weighted by atomic mass is 16.4. The van der Waals surface area contributed by atoms with Crippen molar-refractivity contribution in [2.75, 3.05) is 25.0 Å². The van der Waals surface area contributed by atoms with Gasteiger partial charge in [-0.05, 0) is 24.3 Å². The maximum Gasteiger partial charge on any atom is 0.325 e. The van der Waals surface area contributed by atoms with E-state index in [4.69, 9.17) is 15.3 Å². The number of benzene rings is 1. The van der Waals surface area contributed by atoms with Crippen LogP contribution in [0.1, 0.15) is 0 Å². The highest BCUT2D eigenvalue weighted by Crippen LogP contribution is 2.18. The van der Waals surface area contributed by atoms with Crippen LogP contribution in [0, 0.1) is 0 Å². The standard InChI is InChI=1S/C12H14N2O6/c1-13(8-2-4-9(15)5-3-8)12(20)14(6-10(16)17)7-11(18)19/h2-5,15H,6-7H2,1H3,(H,16,17)(H,18,19). The summed E-state index contributed by atoms with van der Waals surface area (Å²) < 4.78 is 0. The van der Waals surface area contributed by atoms with Crippen molar-refractivity contribution in [1.82, 2.24) is 4.90 Å². The molecule has 0 bridgehead atoms. The van der Waals surface area contributed by atoms with Gasteiger partial charge in [0, 0.05) is 12.7 Å². The number of hydrogen-bond acceptors (Lipinski definition) is 4. The Kier molecular flexibility index (Phi) is 4.90. The fraction of sp³-hybridized carbons (Fsp3) is 0.250. The molecule has 0 saturated carbocycles. The van der Waals surface area contributed by atoms with Crippen molar-refractivity contribution in [3.05, 3.63) is 24.3 Å². The van der Waals surface area contributed by atoms with Gasteiger partial charge >= 0.3 is 18.0 Å². The number of aromatic hydroxyl groups is 1. The number of phenols is 1. The summed E-state index contributed by atoms with van der Waals surface area (Å²) in [5.41, 5.74) is 0.397. The topological polar surface area (TPSA) is 118 Å². The fourth-order valence-corrected chi connectivity index (χ4v) is 1.52. The quantitative estimate of drug-likeness (QED) is 0.720. The van der Waals surface area contributed by atoms with E-state index < -0.39 is 31.1 Å². The van der Waals surface area contributed by atoms with Crippen LogP contribution in [0.5, 0.6) is 5.75 Å². The Balaban J connectivity index is 2.89. The zero-order chi connectivity index (χ0) is 15.3. The third kappa shape index (κ3) is 4.16. The van der Waals surface area contributed by atoms with Crippen LogP contribution < -0.4 is 4.90 Å². The lowest BCUT2D eigenvalue weighted by atomic mass is 10.3. The van der Waals surface area contributed by atoms with Crippen molar-refractivity contribution < 1.29 is 29.7 Å². The van der Waals surface area contributed by atoms with E-state index >= 15 is 0 Å². The summed E-state index contributed by atoms with van der Waals surface area (Å²) in [5.74, 6) is -2.60. The molecule has 0 fully saturated rings. The first-order valence-electron chi connectivity index (χ1n) is 5.56. The molecule has 0 unspecified atom stereocenters. The number of phenolic OH excluding ortho intramolecular Hbond substituents is 1. The van der Waals surface area contributed by atoms with Gasteiger partial charge < -0.3 is 20.2 Å². The van der Waals surface area contributed by atoms with Gasteiger partial charge in [0.25, 0.3) is 0 Å². The molecule has 0 aromatic heterocycles. The number of amides is 2. The van der Waals surface area contributed by atoms with Crippen LogP contribution >= 0.6 is 0 Å². The number of anilines is 1. The van der Waals surface area contributed by atoms with Crippen molar-refractivity contribution in [1.29, 1.82) is 0 Å². The Morgan fingerprint density at radius 1 is 1.00 bits per heavy atom. The van der Waals surface area contributed by atoms with Crippen molar-refractivity contribution in [2.45, 2.75) is 0 Å². The van der Waals surface area contributed by atoms with Crippen LogP contribution in [0.25, 0.3) is 0 Å². The predicted molar refractivity (Wildman–Crippen MR) is 68.8 cm³/mol. The maximum absolute atomic E-state index is 12.1. The largest absolute Gasteiger partial charge is 0.508 e. The molecule has 0 aliphatic rings. The van der Waals surface area contributed by atoms with E-state index in [2.05, 4.69) is 0 Å². The molecule has 8 heteroatoms. The van der Waals surface area contributed by atoms with Crippen molar-refractivity contribution in [2.24, 2.45) is 0 Å². The average molecular weight is 282 g/mol. The predicted octanol–water partition coefficient (Wildman–Crippen LogP) is 0.420. The second-order valence-corrected chi connectivity index (χ2v) is 4.00. The SMILES string of the molecule is CN(C(=O)N(CC(=O)O)CC(=O)O)c1ccc(O)cc1. The molecule has 1 rings (SSSR count). The van der Waals surface area contributed by atoms with E-state index in [0.717, 1.165) is 4.90 Å². The molecule has 0 radical (unpaired) electrons. The van der Waals surface area contributed by atoms with Gasteiger partial charge in [0.1, 0.15) is 18.8 Å². The summed E-state index contributed by atoms with van der Waals surface area (Å²) in [6.07, 6.45) is 0. The highest BCUT2D eigenvalue weighted by molar-refractivity contribution is 5.95. The molecule has 20 heavy (non-hydrogen) atoms. The van der Waals surface area contributed by atoms with Crippen LogP contribution in [0.3, 0.4) is 0 Å². The molecule has 1 aromatic carbocycles. The molecule has 8 nitrogen and oxygen atoms in total. The Hall–Kier alpha value is -2.77. The first-order valence-corrected chi connectivity index (χ1v) is 5.56. The molecule has 108 valence electrons. The number of carbonyl (C=O) groups is 3. The summed E-state index contributed by atoms with van der Waals surface area (Å²) in [5, 5.41) is 26.5. The lowest BCUT2D eigenvalue weighted by molar-refractivity contribution is -0.140. The van der Waals surface area contributed by atoms with Gasteiger partial charge in [-0.2, -0.15) is 0 Å². The fourth-order valence-electron chi connectivity index (χ4n) is 1.52. The van der Waals surface area contributed by atoms with E-state index in [0.29, 0.717) is 10.6 Å². The molecule has 0 heterocycles. The first kappa shape index (κ1) is 15.3. The molecule has 0 aliphatic heterocycles. The number of aliphatic carboxylic acids is 2. The lowest BCUT2D eigenvalue weighted by Gasteiger charge is -2.25. The maximum atomic E-state index is 12.1. The molecule has 0 saturated heterocycles. The summed E-state index contributed by atoms with van der Waals surface area (Å²) in [6.45, 7) is -1.43. The van der Waals surface area contributed by atoms with E-state index in [1.165, 1.54) is 31.3 Å². The van der Waals surface area contributed by atoms with E-state index in [-0.39, 0.29) is 5.75 Å². The molecule has 2 amide bonds. The van der Waals surface area contributed by atoms with Gasteiger partial charge in [-0.25, -0.2) is 4.79 Å². The molecular formula is C12H14N2O6. The highest BCUT2D eigenvalue weighted by Gasteiger charge is 2.23. The van der Waals surface area contributed by atoms with E-state index in [1.54, 1.807) is 0 Å². The third-order valence-electron chi connectivity index (χ3n) is 2.45. The van der Waals surface area contributed by atoms with Crippen molar-refractivity contribution >= 4 is 23.7 Å². The molecule has 0 aliphatic carbocycles. The number of rotatable bonds is 5. The van der Waals surface area contributed by atoms with Gasteiger partial charge in [0.2, 0.25) is 0 Å². The number of nitrogens with zero attached hydrogens (tertiary/aromatic N) is 2. The molecular weight excluding hydrogens is 268 g/mol. The summed E-state index contributed by atoms with van der Waals surface area (Å²) in [6, 6.07) is 4.86. The van der Waals surface area contributed by atoms with Gasteiger partial charge in [0.15, 0.2) is 0 Å². The summed E-state index contributed by atoms with van der Waals surface area (Å²) in [7, 11) is 1.38. The van der Waals surface area contributed by atoms with Crippen LogP contribution in [0.4, 0.5) is 10.5 Å². The molecule has 3 N–H and O–H groups in total. The smallest absolute Gasteiger partial charge is 0.325 e. The van der Waals surface area contributed by atoms with Crippen LogP contribution in [0.15, 0.2) is 24.3 Å². The summed E-state index contributed by atoms with van der Waals surface area (Å²) >= 11 is 0. The third-order valence-corrected chi connectivity index (χ3v) is 2.45. The van der Waals surface area contributed by atoms with Crippen LogP contribution in [-0.2, 0) is 9.59 Å². The Morgan fingerprint density at radius 3 is 1.85 bits per heavy atom. The van der Waals surface area contributed by atoms with Gasteiger partial charge in [0.05, 0.1) is 0 Å². The number of carboxylic acids is 2. The number of carbonyl (C=O) groups excluding carboxylic acids is 1. The second kappa shape index (κ2) is 6.41. The first-order chi connectivity index (χ1) is 9.31. The van der Waals surface area contributed by atoms with Crippen molar-refractivity contribution in [3.63, 3.8) is 0 Å². The average Bonchev–Trinajstić information content (AvgIpc) is 2.36. The van der Waals surface area contributed by atoms with Gasteiger partial charge in [-0.15, -0.1) is 0 Å². The monoisotopic (exact) mass is 282 g/mol. The van der Waals surface area contributed by atoms with Gasteiger partial charge in [-0.1, -0.05) is 0 Å². The minimum Gasteiger partial charge on any atom is -0.508 e. The molecule has 0 spiro atoms. The van der Waals surface area contributed by atoms with E-state index in [9.17, 15) is 14.4 Å². The number of hydrogen-bond donors (Lipinski definition) is 3. The van der Waals surface area contributed by atoms with Crippen LogP contribution in [-0.4, -0.2) is 58.3 Å². The lowest BCUT2D eigenvalue weighted by Crippen LogP contribution is -2.46. The Bertz CT molecular complexity index is 497. The number of carboxylic acid groups (broad SMARTS) is 2. The van der Waals surface area contributed by atoms with Gasteiger partial charge in [-0.3, -0.25) is 14.5 Å².